The van der Waals surface area contributed by atoms with Gasteiger partial charge in [0.2, 0.25) is 0 Å². The second-order valence-corrected chi connectivity index (χ2v) is 7.26. The molecule has 0 spiro atoms. The summed E-state index contributed by atoms with van der Waals surface area (Å²) in [5.74, 6) is 0.698. The van der Waals surface area contributed by atoms with Gasteiger partial charge in [0.05, 0.1) is 22.8 Å². The highest BCUT2D eigenvalue weighted by Crippen LogP contribution is 2.25. The van der Waals surface area contributed by atoms with Gasteiger partial charge in [0.25, 0.3) is 0 Å². The summed E-state index contributed by atoms with van der Waals surface area (Å²) >= 11 is 1.75. The van der Waals surface area contributed by atoms with Gasteiger partial charge in [-0.05, 0) is 50.6 Å². The molecule has 3 rings (SSSR count). The Bertz CT molecular complexity index is 686. The summed E-state index contributed by atoms with van der Waals surface area (Å²) in [5, 5.41) is 8.89. The molecule has 1 fully saturated rings. The summed E-state index contributed by atoms with van der Waals surface area (Å²) in [5.41, 5.74) is 5.05. The van der Waals surface area contributed by atoms with Crippen LogP contribution in [0.4, 0.5) is 5.69 Å². The van der Waals surface area contributed by atoms with E-state index in [0.717, 1.165) is 37.4 Å². The lowest BCUT2D eigenvalue weighted by Crippen LogP contribution is -2.28. The van der Waals surface area contributed by atoms with Crippen molar-refractivity contribution in [1.29, 1.82) is 5.26 Å². The number of hydrogen-bond donors (Lipinski definition) is 0. The van der Waals surface area contributed by atoms with Crippen molar-refractivity contribution in [3.8, 4) is 6.07 Å². The molecule has 2 aromatic rings. The Kier molecular flexibility index (Phi) is 4.94. The molecular weight excluding hydrogens is 304 g/mol. The summed E-state index contributed by atoms with van der Waals surface area (Å²) in [6.07, 6.45) is 1.23. The van der Waals surface area contributed by atoms with Crippen molar-refractivity contribution in [3.63, 3.8) is 0 Å². The van der Waals surface area contributed by atoms with Crippen molar-refractivity contribution in [2.45, 2.75) is 19.9 Å². The first-order chi connectivity index (χ1) is 11.2. The molecular formula is C18H22N4S. The maximum absolute atomic E-state index is 8.89. The van der Waals surface area contributed by atoms with Crippen LogP contribution < -0.4 is 4.90 Å². The molecule has 0 amide bonds. The standard InChI is InChI=1S/C18H22N4S/c1-14-18(23-13-20-14)12-21(2)10-16-7-8-22(11-16)17-5-3-15(9-19)4-6-17/h3-6,13,16H,7-8,10-12H2,1-2H3/t16-/m0/s1. The third kappa shape index (κ3) is 3.90. The summed E-state index contributed by atoms with van der Waals surface area (Å²) in [6.45, 7) is 6.39. The SMILES string of the molecule is Cc1ncsc1CN(C)C[C@@H]1CCN(c2ccc(C#N)cc2)C1. The molecule has 1 aliphatic heterocycles. The first kappa shape index (κ1) is 16.0. The van der Waals surface area contributed by atoms with E-state index < -0.39 is 0 Å². The van der Waals surface area contributed by atoms with E-state index in [1.165, 1.54) is 17.0 Å². The highest BCUT2D eigenvalue weighted by molar-refractivity contribution is 7.09. The van der Waals surface area contributed by atoms with E-state index >= 15 is 0 Å². The van der Waals surface area contributed by atoms with Crippen LogP contribution in [0.3, 0.4) is 0 Å². The molecule has 23 heavy (non-hydrogen) atoms. The summed E-state index contributed by atoms with van der Waals surface area (Å²) in [7, 11) is 2.20. The Morgan fingerprint density at radius 3 is 2.83 bits per heavy atom. The van der Waals surface area contributed by atoms with Gasteiger partial charge in [-0.25, -0.2) is 4.98 Å². The number of aryl methyl sites for hydroxylation is 1. The molecule has 1 aromatic heterocycles. The summed E-state index contributed by atoms with van der Waals surface area (Å²) in [4.78, 5) is 10.5. The van der Waals surface area contributed by atoms with E-state index in [2.05, 4.69) is 47.0 Å². The monoisotopic (exact) mass is 326 g/mol. The third-order valence-corrected chi connectivity index (χ3v) is 5.40. The topological polar surface area (TPSA) is 43.2 Å². The van der Waals surface area contributed by atoms with Crippen LogP contribution >= 0.6 is 11.3 Å². The smallest absolute Gasteiger partial charge is 0.0991 e. The molecule has 0 saturated carbocycles. The molecule has 4 nitrogen and oxygen atoms in total. The fourth-order valence-electron chi connectivity index (χ4n) is 3.19. The van der Waals surface area contributed by atoms with Crippen molar-refractivity contribution >= 4 is 17.0 Å². The Hall–Kier alpha value is -1.90. The fraction of sp³-hybridized carbons (Fsp3) is 0.444. The van der Waals surface area contributed by atoms with Gasteiger partial charge < -0.3 is 9.80 Å². The van der Waals surface area contributed by atoms with Gasteiger partial charge in [0.15, 0.2) is 0 Å². The van der Waals surface area contributed by atoms with Crippen LogP contribution in [0.5, 0.6) is 0 Å². The van der Waals surface area contributed by atoms with Crippen molar-refractivity contribution in [3.05, 3.63) is 45.9 Å². The summed E-state index contributed by atoms with van der Waals surface area (Å²) in [6, 6.07) is 10.1. The molecule has 1 atom stereocenters. The van der Waals surface area contributed by atoms with E-state index in [4.69, 9.17) is 5.26 Å². The Morgan fingerprint density at radius 2 is 2.17 bits per heavy atom. The molecule has 0 unspecified atom stereocenters. The van der Waals surface area contributed by atoms with Crippen LogP contribution in [0.1, 0.15) is 22.6 Å². The number of hydrogen-bond acceptors (Lipinski definition) is 5. The highest BCUT2D eigenvalue weighted by atomic mass is 32.1. The quantitative estimate of drug-likeness (QED) is 0.846. The van der Waals surface area contributed by atoms with Gasteiger partial charge >= 0.3 is 0 Å². The first-order valence-corrected chi connectivity index (χ1v) is 8.86. The summed E-state index contributed by atoms with van der Waals surface area (Å²) < 4.78 is 0. The Balaban J connectivity index is 1.53. The van der Waals surface area contributed by atoms with Gasteiger partial charge in [-0.1, -0.05) is 0 Å². The molecule has 2 heterocycles. The number of aromatic nitrogens is 1. The van der Waals surface area contributed by atoms with Crippen LogP contribution in [0.25, 0.3) is 0 Å². The van der Waals surface area contributed by atoms with Crippen molar-refractivity contribution in [2.75, 3.05) is 31.6 Å². The average molecular weight is 326 g/mol. The number of nitrogens with zero attached hydrogens (tertiary/aromatic N) is 4. The number of anilines is 1. The van der Waals surface area contributed by atoms with E-state index in [-0.39, 0.29) is 0 Å². The lowest BCUT2D eigenvalue weighted by Gasteiger charge is -2.22. The molecule has 0 aliphatic carbocycles. The van der Waals surface area contributed by atoms with Crippen LogP contribution in [0.2, 0.25) is 0 Å². The van der Waals surface area contributed by atoms with E-state index in [1.54, 1.807) is 11.3 Å². The fourth-order valence-corrected chi connectivity index (χ4v) is 4.05. The second-order valence-electron chi connectivity index (χ2n) is 6.32. The zero-order valence-electron chi connectivity index (χ0n) is 13.7. The third-order valence-electron chi connectivity index (χ3n) is 4.48. The van der Waals surface area contributed by atoms with Crippen LogP contribution in [-0.2, 0) is 6.54 Å². The molecule has 1 aliphatic rings. The molecule has 120 valence electrons. The maximum Gasteiger partial charge on any atom is 0.0991 e. The number of nitriles is 1. The second kappa shape index (κ2) is 7.12. The van der Waals surface area contributed by atoms with E-state index in [1.807, 2.05) is 17.6 Å². The lowest BCUT2D eigenvalue weighted by atomic mass is 10.1. The minimum atomic E-state index is 0.698. The lowest BCUT2D eigenvalue weighted by molar-refractivity contribution is 0.281. The first-order valence-electron chi connectivity index (χ1n) is 7.98. The minimum Gasteiger partial charge on any atom is -0.371 e. The molecule has 0 radical (unpaired) electrons. The zero-order chi connectivity index (χ0) is 16.2. The van der Waals surface area contributed by atoms with Crippen molar-refractivity contribution < 1.29 is 0 Å². The number of thiazole rings is 1. The molecule has 0 bridgehead atoms. The van der Waals surface area contributed by atoms with Crippen LogP contribution in [0.15, 0.2) is 29.8 Å². The largest absolute Gasteiger partial charge is 0.371 e. The average Bonchev–Trinajstić information content (AvgIpc) is 3.17. The van der Waals surface area contributed by atoms with Crippen molar-refractivity contribution in [2.24, 2.45) is 5.92 Å². The predicted molar refractivity (Wildman–Crippen MR) is 94.7 cm³/mol. The van der Waals surface area contributed by atoms with Crippen molar-refractivity contribution in [1.82, 2.24) is 9.88 Å². The zero-order valence-corrected chi connectivity index (χ0v) is 14.5. The number of rotatable bonds is 5. The van der Waals surface area contributed by atoms with E-state index in [9.17, 15) is 0 Å². The Labute approximate surface area is 142 Å². The number of benzene rings is 1. The maximum atomic E-state index is 8.89. The highest BCUT2D eigenvalue weighted by Gasteiger charge is 2.24. The molecule has 0 N–H and O–H groups in total. The van der Waals surface area contributed by atoms with Gasteiger partial charge in [-0.3, -0.25) is 0 Å². The van der Waals surface area contributed by atoms with Gasteiger partial charge in [-0.2, -0.15) is 5.26 Å². The predicted octanol–water partition coefficient (Wildman–Crippen LogP) is 3.28. The van der Waals surface area contributed by atoms with Gasteiger partial charge in [-0.15, -0.1) is 11.3 Å². The van der Waals surface area contributed by atoms with Gasteiger partial charge in [0.1, 0.15) is 0 Å². The van der Waals surface area contributed by atoms with Crippen LogP contribution in [0, 0.1) is 24.2 Å². The molecule has 1 aromatic carbocycles. The van der Waals surface area contributed by atoms with Crippen LogP contribution in [-0.4, -0.2) is 36.6 Å². The minimum absolute atomic E-state index is 0.698. The molecule has 1 saturated heterocycles. The van der Waals surface area contributed by atoms with Gasteiger partial charge in [0, 0.05) is 36.7 Å². The normalized spacial score (nSPS) is 17.7. The van der Waals surface area contributed by atoms with E-state index in [0.29, 0.717) is 5.92 Å². The Morgan fingerprint density at radius 1 is 1.39 bits per heavy atom. The molecule has 5 heteroatoms.